The normalized spacial score (nSPS) is 12.7. The molecule has 102 valence electrons. The van der Waals surface area contributed by atoms with E-state index in [1.165, 1.54) is 6.07 Å². The molecule has 0 aliphatic carbocycles. The van der Waals surface area contributed by atoms with Crippen LogP contribution in [0.25, 0.3) is 0 Å². The van der Waals surface area contributed by atoms with Gasteiger partial charge in [-0.15, -0.1) is 0 Å². The number of anilines is 1. The lowest BCUT2D eigenvalue weighted by Crippen LogP contribution is -2.23. The number of fused-ring (bicyclic) bond motifs is 1. The molecule has 0 saturated heterocycles. The fourth-order valence-corrected chi connectivity index (χ4v) is 2.37. The summed E-state index contributed by atoms with van der Waals surface area (Å²) < 4.78 is 13.5. The van der Waals surface area contributed by atoms with Gasteiger partial charge in [0.25, 0.3) is 5.91 Å². The Morgan fingerprint density at radius 3 is 2.95 bits per heavy atom. The average Bonchev–Trinajstić information content (AvgIpc) is 2.93. The van der Waals surface area contributed by atoms with Gasteiger partial charge in [-0.3, -0.25) is 4.79 Å². The van der Waals surface area contributed by atoms with Gasteiger partial charge in [0.15, 0.2) is 0 Å². The standard InChI is InChI=1S/C16H15FN2O/c17-14-4-2-1-3-13(14)10-19-16(20)12-5-6-15-11(9-12)7-8-18-15/h1-6,9,18H,7-8,10H2,(H,19,20). The van der Waals surface area contributed by atoms with Crippen molar-refractivity contribution in [2.24, 2.45) is 0 Å². The van der Waals surface area contributed by atoms with Gasteiger partial charge in [-0.05, 0) is 36.2 Å². The van der Waals surface area contributed by atoms with Crippen LogP contribution in [0.5, 0.6) is 0 Å². The van der Waals surface area contributed by atoms with E-state index in [-0.39, 0.29) is 18.3 Å². The molecule has 0 saturated carbocycles. The molecule has 0 radical (unpaired) electrons. The lowest BCUT2D eigenvalue weighted by molar-refractivity contribution is 0.0950. The minimum atomic E-state index is -0.300. The Kier molecular flexibility index (Phi) is 3.37. The number of rotatable bonds is 3. The highest BCUT2D eigenvalue weighted by molar-refractivity contribution is 5.95. The molecule has 0 atom stereocenters. The van der Waals surface area contributed by atoms with Crippen molar-refractivity contribution >= 4 is 11.6 Å². The Morgan fingerprint density at radius 2 is 2.10 bits per heavy atom. The molecule has 3 nitrogen and oxygen atoms in total. The number of halogens is 1. The number of carbonyl (C=O) groups excluding carboxylic acids is 1. The highest BCUT2D eigenvalue weighted by Gasteiger charge is 2.13. The van der Waals surface area contributed by atoms with Gasteiger partial charge >= 0.3 is 0 Å². The van der Waals surface area contributed by atoms with Crippen molar-refractivity contribution in [2.45, 2.75) is 13.0 Å². The fourth-order valence-electron chi connectivity index (χ4n) is 2.37. The molecular weight excluding hydrogens is 255 g/mol. The molecule has 1 aliphatic heterocycles. The molecule has 4 heteroatoms. The Morgan fingerprint density at radius 1 is 1.25 bits per heavy atom. The number of nitrogens with one attached hydrogen (secondary N) is 2. The van der Waals surface area contributed by atoms with Crippen molar-refractivity contribution in [3.63, 3.8) is 0 Å². The summed E-state index contributed by atoms with van der Waals surface area (Å²) in [4.78, 5) is 12.1. The predicted molar refractivity (Wildman–Crippen MR) is 76.2 cm³/mol. The van der Waals surface area contributed by atoms with Crippen molar-refractivity contribution in [3.8, 4) is 0 Å². The Balaban J connectivity index is 1.69. The minimum Gasteiger partial charge on any atom is -0.384 e. The molecule has 0 spiro atoms. The van der Waals surface area contributed by atoms with E-state index in [2.05, 4.69) is 10.6 Å². The monoisotopic (exact) mass is 270 g/mol. The zero-order valence-corrected chi connectivity index (χ0v) is 10.9. The lowest BCUT2D eigenvalue weighted by Gasteiger charge is -2.07. The molecule has 0 unspecified atom stereocenters. The Hall–Kier alpha value is -2.36. The number of carbonyl (C=O) groups is 1. The Bertz CT molecular complexity index is 655. The summed E-state index contributed by atoms with van der Waals surface area (Å²) in [6, 6.07) is 12.0. The van der Waals surface area contributed by atoms with Crippen LogP contribution in [0.1, 0.15) is 21.5 Å². The number of hydrogen-bond acceptors (Lipinski definition) is 2. The van der Waals surface area contributed by atoms with Crippen LogP contribution >= 0.6 is 0 Å². The summed E-state index contributed by atoms with van der Waals surface area (Å²) in [5.74, 6) is -0.478. The maximum atomic E-state index is 13.5. The molecule has 3 rings (SSSR count). The van der Waals surface area contributed by atoms with Crippen LogP contribution in [0, 0.1) is 5.82 Å². The van der Waals surface area contributed by atoms with E-state index >= 15 is 0 Å². The second-order valence-corrected chi connectivity index (χ2v) is 4.82. The largest absolute Gasteiger partial charge is 0.384 e. The third kappa shape index (κ3) is 2.50. The third-order valence-corrected chi connectivity index (χ3v) is 3.47. The maximum absolute atomic E-state index is 13.5. The van der Waals surface area contributed by atoms with Crippen LogP contribution in [-0.4, -0.2) is 12.5 Å². The van der Waals surface area contributed by atoms with E-state index in [0.717, 1.165) is 24.2 Å². The van der Waals surface area contributed by atoms with Crippen molar-refractivity contribution in [1.82, 2.24) is 5.32 Å². The van der Waals surface area contributed by atoms with Crippen LogP contribution in [0.4, 0.5) is 10.1 Å². The lowest BCUT2D eigenvalue weighted by atomic mass is 10.1. The van der Waals surface area contributed by atoms with E-state index < -0.39 is 0 Å². The number of amides is 1. The topological polar surface area (TPSA) is 41.1 Å². The second kappa shape index (κ2) is 5.33. The molecule has 1 aliphatic rings. The van der Waals surface area contributed by atoms with Gasteiger partial charge in [0.05, 0.1) is 0 Å². The van der Waals surface area contributed by atoms with Crippen molar-refractivity contribution < 1.29 is 9.18 Å². The highest BCUT2D eigenvalue weighted by Crippen LogP contribution is 2.22. The Labute approximate surface area is 116 Å². The van der Waals surface area contributed by atoms with Crippen molar-refractivity contribution in [2.75, 3.05) is 11.9 Å². The zero-order valence-electron chi connectivity index (χ0n) is 10.9. The first-order chi connectivity index (χ1) is 9.74. The first kappa shape index (κ1) is 12.7. The summed E-state index contributed by atoms with van der Waals surface area (Å²) in [5, 5.41) is 6.00. The van der Waals surface area contributed by atoms with Gasteiger partial charge < -0.3 is 10.6 Å². The first-order valence-corrected chi connectivity index (χ1v) is 6.62. The predicted octanol–water partition coefficient (Wildman–Crippen LogP) is 2.72. The fraction of sp³-hybridized carbons (Fsp3) is 0.188. The zero-order chi connectivity index (χ0) is 13.9. The molecule has 0 bridgehead atoms. The quantitative estimate of drug-likeness (QED) is 0.900. The molecule has 1 heterocycles. The van der Waals surface area contributed by atoms with Crippen LogP contribution in [0.3, 0.4) is 0 Å². The van der Waals surface area contributed by atoms with Crippen LogP contribution in [-0.2, 0) is 13.0 Å². The molecule has 2 N–H and O–H groups in total. The average molecular weight is 270 g/mol. The molecule has 20 heavy (non-hydrogen) atoms. The molecule has 2 aromatic carbocycles. The maximum Gasteiger partial charge on any atom is 0.251 e. The second-order valence-electron chi connectivity index (χ2n) is 4.82. The van der Waals surface area contributed by atoms with Gasteiger partial charge in [0.1, 0.15) is 5.82 Å². The van der Waals surface area contributed by atoms with Crippen LogP contribution in [0.2, 0.25) is 0 Å². The van der Waals surface area contributed by atoms with Crippen LogP contribution < -0.4 is 10.6 Å². The molecule has 2 aromatic rings. The summed E-state index contributed by atoms with van der Waals surface area (Å²) in [6.07, 6.45) is 0.934. The van der Waals surface area contributed by atoms with E-state index in [4.69, 9.17) is 0 Å². The van der Waals surface area contributed by atoms with Crippen LogP contribution in [0.15, 0.2) is 42.5 Å². The summed E-state index contributed by atoms with van der Waals surface area (Å²) in [6.45, 7) is 1.11. The van der Waals surface area contributed by atoms with E-state index in [1.54, 1.807) is 24.3 Å². The smallest absolute Gasteiger partial charge is 0.251 e. The van der Waals surface area contributed by atoms with Crippen molar-refractivity contribution in [3.05, 3.63) is 65.0 Å². The molecule has 1 amide bonds. The number of benzene rings is 2. The minimum absolute atomic E-state index is 0.178. The van der Waals surface area contributed by atoms with Gasteiger partial charge in [0.2, 0.25) is 0 Å². The molecular formula is C16H15FN2O. The summed E-state index contributed by atoms with van der Waals surface area (Å²) in [5.41, 5.74) is 3.35. The summed E-state index contributed by atoms with van der Waals surface area (Å²) >= 11 is 0. The van der Waals surface area contributed by atoms with E-state index in [9.17, 15) is 9.18 Å². The molecule has 0 aromatic heterocycles. The highest BCUT2D eigenvalue weighted by atomic mass is 19.1. The van der Waals surface area contributed by atoms with Gasteiger partial charge in [0, 0.05) is 29.9 Å². The van der Waals surface area contributed by atoms with E-state index in [0.29, 0.717) is 11.1 Å². The van der Waals surface area contributed by atoms with Crippen molar-refractivity contribution in [1.29, 1.82) is 0 Å². The molecule has 0 fully saturated rings. The van der Waals surface area contributed by atoms with Gasteiger partial charge in [-0.1, -0.05) is 18.2 Å². The van der Waals surface area contributed by atoms with E-state index in [1.807, 2.05) is 12.1 Å². The van der Waals surface area contributed by atoms with Gasteiger partial charge in [-0.2, -0.15) is 0 Å². The van der Waals surface area contributed by atoms with Gasteiger partial charge in [-0.25, -0.2) is 4.39 Å². The number of hydrogen-bond donors (Lipinski definition) is 2. The summed E-state index contributed by atoms with van der Waals surface area (Å²) in [7, 11) is 0. The third-order valence-electron chi connectivity index (χ3n) is 3.47. The SMILES string of the molecule is O=C(NCc1ccccc1F)c1ccc2c(c1)CCN2. The first-order valence-electron chi connectivity index (χ1n) is 6.62.